The lowest BCUT2D eigenvalue weighted by Gasteiger charge is -2.35. The number of piperidine rings is 1. The maximum absolute atomic E-state index is 11.6. The number of hydrogen-bond donors (Lipinski definition) is 0. The first-order valence-electron chi connectivity index (χ1n) is 5.44. The van der Waals surface area contributed by atoms with E-state index in [4.69, 9.17) is 0 Å². The second kappa shape index (κ2) is 4.64. The van der Waals surface area contributed by atoms with Gasteiger partial charge in [-0.3, -0.25) is 4.79 Å². The molecule has 1 rings (SSSR count). The van der Waals surface area contributed by atoms with Crippen molar-refractivity contribution in [2.75, 3.05) is 6.54 Å². The first-order chi connectivity index (χ1) is 6.15. The van der Waals surface area contributed by atoms with Gasteiger partial charge in [-0.05, 0) is 25.7 Å². The van der Waals surface area contributed by atoms with Gasteiger partial charge in [0.1, 0.15) is 0 Å². The maximum atomic E-state index is 11.6. The van der Waals surface area contributed by atoms with Crippen molar-refractivity contribution < 1.29 is 4.79 Å². The Kier molecular flexibility index (Phi) is 3.76. The summed E-state index contributed by atoms with van der Waals surface area (Å²) in [7, 11) is 0. The fourth-order valence-electron chi connectivity index (χ4n) is 1.84. The van der Waals surface area contributed by atoms with E-state index in [-0.39, 0.29) is 0 Å². The summed E-state index contributed by atoms with van der Waals surface area (Å²) in [5.41, 5.74) is 0. The van der Waals surface area contributed by atoms with Crippen LogP contribution in [0.25, 0.3) is 0 Å². The molecular formula is C11H21NO. The van der Waals surface area contributed by atoms with Crippen LogP contribution < -0.4 is 0 Å². The molecule has 0 N–H and O–H groups in total. The van der Waals surface area contributed by atoms with Gasteiger partial charge >= 0.3 is 0 Å². The molecule has 2 heteroatoms. The third-order valence-corrected chi connectivity index (χ3v) is 3.07. The van der Waals surface area contributed by atoms with Gasteiger partial charge < -0.3 is 4.90 Å². The Morgan fingerprint density at radius 3 is 2.85 bits per heavy atom. The van der Waals surface area contributed by atoms with E-state index in [1.165, 1.54) is 6.42 Å². The minimum Gasteiger partial charge on any atom is -0.340 e. The Hall–Kier alpha value is -0.530. The minimum absolute atomic E-state index is 0.360. The van der Waals surface area contributed by atoms with E-state index in [2.05, 4.69) is 25.7 Å². The van der Waals surface area contributed by atoms with E-state index >= 15 is 0 Å². The monoisotopic (exact) mass is 183 g/mol. The van der Waals surface area contributed by atoms with Crippen molar-refractivity contribution in [1.82, 2.24) is 4.90 Å². The average molecular weight is 183 g/mol. The van der Waals surface area contributed by atoms with Crippen molar-refractivity contribution in [1.29, 1.82) is 0 Å². The Morgan fingerprint density at radius 1 is 1.62 bits per heavy atom. The predicted octanol–water partition coefficient (Wildman–Crippen LogP) is 2.43. The second-order valence-corrected chi connectivity index (χ2v) is 4.30. The average Bonchev–Trinajstić information content (AvgIpc) is 2.11. The Bertz CT molecular complexity index is 179. The molecule has 0 bridgehead atoms. The summed E-state index contributed by atoms with van der Waals surface area (Å²) < 4.78 is 0. The number of rotatable bonds is 3. The first-order valence-corrected chi connectivity index (χ1v) is 5.44. The topological polar surface area (TPSA) is 20.3 Å². The highest BCUT2D eigenvalue weighted by molar-refractivity contribution is 5.77. The molecular weight excluding hydrogens is 162 g/mol. The normalized spacial score (nSPS) is 26.2. The van der Waals surface area contributed by atoms with E-state index in [9.17, 15) is 4.79 Å². The van der Waals surface area contributed by atoms with Crippen molar-refractivity contribution in [3.05, 3.63) is 0 Å². The number of carbonyl (C=O) groups is 1. The molecule has 0 aromatic carbocycles. The maximum Gasteiger partial charge on any atom is 0.222 e. The van der Waals surface area contributed by atoms with Crippen LogP contribution in [0.2, 0.25) is 0 Å². The van der Waals surface area contributed by atoms with Crippen LogP contribution in [-0.4, -0.2) is 23.4 Å². The molecule has 0 aromatic heterocycles. The van der Waals surface area contributed by atoms with Crippen molar-refractivity contribution in [3.63, 3.8) is 0 Å². The summed E-state index contributed by atoms with van der Waals surface area (Å²) in [5, 5.41) is 0. The Labute approximate surface area is 81.3 Å². The van der Waals surface area contributed by atoms with Gasteiger partial charge in [0.2, 0.25) is 5.91 Å². The lowest BCUT2D eigenvalue weighted by molar-refractivity contribution is -0.136. The molecule has 1 aliphatic heterocycles. The molecule has 2 nitrogen and oxygen atoms in total. The van der Waals surface area contributed by atoms with Crippen LogP contribution >= 0.6 is 0 Å². The fourth-order valence-corrected chi connectivity index (χ4v) is 1.84. The molecule has 2 atom stereocenters. The van der Waals surface area contributed by atoms with Crippen molar-refractivity contribution in [2.24, 2.45) is 5.92 Å². The molecule has 1 heterocycles. The third-order valence-electron chi connectivity index (χ3n) is 3.07. The minimum atomic E-state index is 0.360. The van der Waals surface area contributed by atoms with E-state index in [1.54, 1.807) is 0 Å². The highest BCUT2D eigenvalue weighted by Crippen LogP contribution is 2.19. The van der Waals surface area contributed by atoms with Gasteiger partial charge in [0.15, 0.2) is 0 Å². The second-order valence-electron chi connectivity index (χ2n) is 4.30. The number of likely N-dealkylation sites (tertiary alicyclic amines) is 1. The summed E-state index contributed by atoms with van der Waals surface area (Å²) in [6, 6.07) is 0.468. The largest absolute Gasteiger partial charge is 0.340 e. The van der Waals surface area contributed by atoms with Crippen LogP contribution in [0.15, 0.2) is 0 Å². The molecule has 0 aliphatic carbocycles. The van der Waals surface area contributed by atoms with Crippen LogP contribution in [0.5, 0.6) is 0 Å². The highest BCUT2D eigenvalue weighted by atomic mass is 16.2. The van der Waals surface area contributed by atoms with Gasteiger partial charge in [0.05, 0.1) is 0 Å². The SMILES string of the molecule is CCC(C)CN1C(=O)CCCC1C. The zero-order valence-corrected chi connectivity index (χ0v) is 9.05. The van der Waals surface area contributed by atoms with Crippen molar-refractivity contribution >= 4 is 5.91 Å². The van der Waals surface area contributed by atoms with Gasteiger partial charge in [-0.2, -0.15) is 0 Å². The molecule has 0 aromatic rings. The molecule has 0 saturated carbocycles. The summed E-state index contributed by atoms with van der Waals surface area (Å²) >= 11 is 0. The number of amides is 1. The standard InChI is InChI=1S/C11H21NO/c1-4-9(2)8-12-10(3)6-5-7-11(12)13/h9-10H,4-8H2,1-3H3. The molecule has 0 spiro atoms. The highest BCUT2D eigenvalue weighted by Gasteiger charge is 2.25. The molecule has 1 amide bonds. The summed E-state index contributed by atoms with van der Waals surface area (Å²) in [6.45, 7) is 7.52. The molecule has 1 fully saturated rings. The molecule has 13 heavy (non-hydrogen) atoms. The summed E-state index contributed by atoms with van der Waals surface area (Å²) in [4.78, 5) is 13.6. The van der Waals surface area contributed by atoms with E-state index < -0.39 is 0 Å². The molecule has 0 radical (unpaired) electrons. The smallest absolute Gasteiger partial charge is 0.222 e. The van der Waals surface area contributed by atoms with Crippen LogP contribution in [0.1, 0.15) is 46.5 Å². The molecule has 1 aliphatic rings. The summed E-state index contributed by atoms with van der Waals surface area (Å²) in [6.07, 6.45) is 4.19. The van der Waals surface area contributed by atoms with Gasteiger partial charge in [-0.15, -0.1) is 0 Å². The first kappa shape index (κ1) is 10.6. The van der Waals surface area contributed by atoms with Gasteiger partial charge in [0.25, 0.3) is 0 Å². The number of nitrogens with zero attached hydrogens (tertiary/aromatic N) is 1. The molecule has 1 saturated heterocycles. The molecule has 76 valence electrons. The van der Waals surface area contributed by atoms with E-state index in [0.717, 1.165) is 25.8 Å². The molecule has 2 unspecified atom stereocenters. The van der Waals surface area contributed by atoms with Gasteiger partial charge in [0, 0.05) is 19.0 Å². The van der Waals surface area contributed by atoms with Gasteiger partial charge in [-0.25, -0.2) is 0 Å². The zero-order chi connectivity index (χ0) is 9.84. The fraction of sp³-hybridized carbons (Fsp3) is 0.909. The van der Waals surface area contributed by atoms with Crippen molar-refractivity contribution in [3.8, 4) is 0 Å². The number of carbonyl (C=O) groups excluding carboxylic acids is 1. The lowest BCUT2D eigenvalue weighted by Crippen LogP contribution is -2.44. The van der Waals surface area contributed by atoms with Crippen molar-refractivity contribution in [2.45, 2.75) is 52.5 Å². The Balaban J connectivity index is 2.48. The van der Waals surface area contributed by atoms with E-state index in [0.29, 0.717) is 17.9 Å². The summed E-state index contributed by atoms with van der Waals surface area (Å²) in [5.74, 6) is 1.00. The number of hydrogen-bond acceptors (Lipinski definition) is 1. The third kappa shape index (κ3) is 2.71. The van der Waals surface area contributed by atoms with Crippen LogP contribution in [0.3, 0.4) is 0 Å². The quantitative estimate of drug-likeness (QED) is 0.658. The van der Waals surface area contributed by atoms with Gasteiger partial charge in [-0.1, -0.05) is 20.3 Å². The van der Waals surface area contributed by atoms with Crippen LogP contribution in [-0.2, 0) is 4.79 Å². The van der Waals surface area contributed by atoms with Crippen LogP contribution in [0, 0.1) is 5.92 Å². The zero-order valence-electron chi connectivity index (χ0n) is 9.05. The lowest BCUT2D eigenvalue weighted by atomic mass is 10.00. The van der Waals surface area contributed by atoms with E-state index in [1.807, 2.05) is 0 Å². The Morgan fingerprint density at radius 2 is 2.31 bits per heavy atom. The predicted molar refractivity (Wildman–Crippen MR) is 54.5 cm³/mol. The van der Waals surface area contributed by atoms with Crippen LogP contribution in [0.4, 0.5) is 0 Å².